The molecule has 56 valence electrons. The summed E-state index contributed by atoms with van der Waals surface area (Å²) < 4.78 is 11.4. The van der Waals surface area contributed by atoms with E-state index in [0.29, 0.717) is 0 Å². The van der Waals surface area contributed by atoms with Crippen molar-refractivity contribution < 1.29 is 4.57 Å². The molecule has 0 bridgehead atoms. The summed E-state index contributed by atoms with van der Waals surface area (Å²) in [5.74, 6) is 0. The average molecular weight is 164 g/mol. The molecule has 9 heavy (non-hydrogen) atoms. The molecule has 0 aliphatic heterocycles. The van der Waals surface area contributed by atoms with Crippen LogP contribution in [0.15, 0.2) is 0 Å². The number of rotatable bonds is 1. The van der Waals surface area contributed by atoms with E-state index in [9.17, 15) is 4.57 Å². The van der Waals surface area contributed by atoms with E-state index in [2.05, 4.69) is 33.9 Å². The van der Waals surface area contributed by atoms with Gasteiger partial charge in [0, 0.05) is 5.16 Å². The SMILES string of the molecule is C[SiH](C)[PH](=O)C(C)(C)C. The first-order valence-electron chi connectivity index (χ1n) is 3.40. The molecule has 0 aliphatic carbocycles. The lowest BCUT2D eigenvalue weighted by atomic mass is 10.3. The Hall–Kier alpha value is 0.447. The second-order valence-electron chi connectivity index (χ2n) is 3.77. The van der Waals surface area contributed by atoms with Crippen LogP contribution in [0.1, 0.15) is 20.8 Å². The third-order valence-corrected chi connectivity index (χ3v) is 9.54. The minimum absolute atomic E-state index is 0.0883. The fraction of sp³-hybridized carbons (Fsp3) is 1.00. The molecule has 0 N–H and O–H groups in total. The van der Waals surface area contributed by atoms with Crippen molar-refractivity contribution in [2.75, 3.05) is 0 Å². The lowest BCUT2D eigenvalue weighted by molar-refractivity contribution is 0.574. The first-order chi connectivity index (χ1) is 3.85. The van der Waals surface area contributed by atoms with Gasteiger partial charge in [0.25, 0.3) is 0 Å². The average Bonchev–Trinajstić information content (AvgIpc) is 1.62. The monoisotopic (exact) mass is 164 g/mol. The van der Waals surface area contributed by atoms with Gasteiger partial charge in [-0.2, -0.15) is 0 Å². The lowest BCUT2D eigenvalue weighted by Gasteiger charge is -2.19. The van der Waals surface area contributed by atoms with E-state index in [0.717, 1.165) is 0 Å². The second kappa shape index (κ2) is 3.02. The van der Waals surface area contributed by atoms with E-state index in [-0.39, 0.29) is 5.16 Å². The van der Waals surface area contributed by atoms with Gasteiger partial charge in [-0.25, -0.2) is 0 Å². The van der Waals surface area contributed by atoms with Crippen LogP contribution >= 0.6 is 7.35 Å². The van der Waals surface area contributed by atoms with E-state index in [1.165, 1.54) is 0 Å². The van der Waals surface area contributed by atoms with Gasteiger partial charge in [0.2, 0.25) is 0 Å². The maximum Gasteiger partial charge on any atom is 0.102 e. The van der Waals surface area contributed by atoms with Crippen molar-refractivity contribution >= 4 is 15.8 Å². The summed E-state index contributed by atoms with van der Waals surface area (Å²) in [4.78, 5) is 0. The summed E-state index contributed by atoms with van der Waals surface area (Å²) in [6.07, 6.45) is 0. The molecule has 0 amide bonds. The smallest absolute Gasteiger partial charge is 0.102 e. The highest BCUT2D eigenvalue weighted by molar-refractivity contribution is 7.81. The first kappa shape index (κ1) is 9.45. The largest absolute Gasteiger partial charge is 0.332 e. The quantitative estimate of drug-likeness (QED) is 0.429. The summed E-state index contributed by atoms with van der Waals surface area (Å²) in [5, 5.41) is 0.0883. The van der Waals surface area contributed by atoms with Crippen molar-refractivity contribution in [3.05, 3.63) is 0 Å². The van der Waals surface area contributed by atoms with Crippen LogP contribution in [0.2, 0.25) is 13.1 Å². The van der Waals surface area contributed by atoms with Crippen LogP contribution in [0.5, 0.6) is 0 Å². The molecule has 0 saturated carbocycles. The maximum absolute atomic E-state index is 11.4. The van der Waals surface area contributed by atoms with Gasteiger partial charge >= 0.3 is 0 Å². The molecule has 0 aromatic carbocycles. The van der Waals surface area contributed by atoms with Crippen LogP contribution in [0.25, 0.3) is 0 Å². The Morgan fingerprint density at radius 3 is 1.56 bits per heavy atom. The molecule has 0 radical (unpaired) electrons. The zero-order valence-corrected chi connectivity index (χ0v) is 9.14. The van der Waals surface area contributed by atoms with Crippen LogP contribution in [0, 0.1) is 0 Å². The Bertz CT molecular complexity index is 115. The van der Waals surface area contributed by atoms with Crippen molar-refractivity contribution in [2.24, 2.45) is 0 Å². The van der Waals surface area contributed by atoms with Gasteiger partial charge in [-0.05, 0) is 0 Å². The van der Waals surface area contributed by atoms with Crippen LogP contribution in [0.4, 0.5) is 0 Å². The van der Waals surface area contributed by atoms with Gasteiger partial charge in [-0.3, -0.25) is 0 Å². The Morgan fingerprint density at radius 2 is 1.56 bits per heavy atom. The zero-order chi connectivity index (χ0) is 7.65. The molecule has 0 aromatic rings. The van der Waals surface area contributed by atoms with Gasteiger partial charge in [-0.15, -0.1) is 0 Å². The van der Waals surface area contributed by atoms with E-state index in [4.69, 9.17) is 0 Å². The third-order valence-electron chi connectivity index (χ3n) is 1.26. The summed E-state index contributed by atoms with van der Waals surface area (Å²) in [7, 11) is -2.08. The standard InChI is InChI=1S/C6H17OPSi/c1-6(2,3)8(7)9(4)5/h8-9H,1-5H3. The summed E-state index contributed by atoms with van der Waals surface area (Å²) in [5.41, 5.74) is 0. The minimum Gasteiger partial charge on any atom is -0.332 e. The minimum atomic E-state index is -1.23. The first-order valence-corrected chi connectivity index (χ1v) is 8.92. The summed E-state index contributed by atoms with van der Waals surface area (Å²) >= 11 is 0. The van der Waals surface area contributed by atoms with Crippen molar-refractivity contribution in [3.8, 4) is 0 Å². The highest BCUT2D eigenvalue weighted by Crippen LogP contribution is 2.40. The fourth-order valence-corrected chi connectivity index (χ4v) is 7.79. The molecule has 0 fully saturated rings. The zero-order valence-electron chi connectivity index (χ0n) is 6.99. The van der Waals surface area contributed by atoms with Crippen LogP contribution in [-0.4, -0.2) is 13.6 Å². The fourth-order valence-electron chi connectivity index (χ4n) is 0.866. The third kappa shape index (κ3) is 3.22. The predicted octanol–water partition coefficient (Wildman–Crippen LogP) is 2.33. The van der Waals surface area contributed by atoms with Gasteiger partial charge in [0.05, 0.1) is 7.35 Å². The summed E-state index contributed by atoms with van der Waals surface area (Å²) in [6.45, 7) is 10.5. The van der Waals surface area contributed by atoms with Crippen LogP contribution in [-0.2, 0) is 4.57 Å². The molecule has 0 aliphatic rings. The molecular formula is C6H17OPSi. The number of hydrogen-bond donors (Lipinski definition) is 0. The van der Waals surface area contributed by atoms with Crippen LogP contribution < -0.4 is 0 Å². The Kier molecular flexibility index (Phi) is 3.17. The summed E-state index contributed by atoms with van der Waals surface area (Å²) in [6, 6.07) is 0. The maximum atomic E-state index is 11.4. The van der Waals surface area contributed by atoms with Gasteiger partial charge in [0.15, 0.2) is 0 Å². The van der Waals surface area contributed by atoms with Gasteiger partial charge in [0.1, 0.15) is 8.46 Å². The van der Waals surface area contributed by atoms with Crippen molar-refractivity contribution in [3.63, 3.8) is 0 Å². The Balaban J connectivity index is 4.06. The number of hydrogen-bond acceptors (Lipinski definition) is 1. The molecule has 1 nitrogen and oxygen atoms in total. The molecular weight excluding hydrogens is 147 g/mol. The molecule has 0 rings (SSSR count). The molecule has 1 unspecified atom stereocenters. The van der Waals surface area contributed by atoms with Crippen LogP contribution in [0.3, 0.4) is 0 Å². The highest BCUT2D eigenvalue weighted by atomic mass is 31.4. The van der Waals surface area contributed by atoms with Crippen molar-refractivity contribution in [1.29, 1.82) is 0 Å². The van der Waals surface area contributed by atoms with Gasteiger partial charge in [-0.1, -0.05) is 33.9 Å². The molecule has 0 heterocycles. The predicted molar refractivity (Wildman–Crippen MR) is 47.6 cm³/mol. The molecule has 0 saturated heterocycles. The topological polar surface area (TPSA) is 17.1 Å². The van der Waals surface area contributed by atoms with E-state index >= 15 is 0 Å². The Morgan fingerprint density at radius 1 is 1.22 bits per heavy atom. The normalized spacial score (nSPS) is 16.2. The van der Waals surface area contributed by atoms with E-state index < -0.39 is 15.8 Å². The highest BCUT2D eigenvalue weighted by Gasteiger charge is 2.21. The van der Waals surface area contributed by atoms with Crippen molar-refractivity contribution in [2.45, 2.75) is 39.0 Å². The Labute approximate surface area is 60.1 Å². The molecule has 0 spiro atoms. The van der Waals surface area contributed by atoms with Crippen molar-refractivity contribution in [1.82, 2.24) is 0 Å². The lowest BCUT2D eigenvalue weighted by Crippen LogP contribution is -2.13. The molecule has 0 aromatic heterocycles. The second-order valence-corrected chi connectivity index (χ2v) is 13.3. The van der Waals surface area contributed by atoms with E-state index in [1.54, 1.807) is 0 Å². The molecule has 3 heteroatoms. The van der Waals surface area contributed by atoms with Gasteiger partial charge < -0.3 is 4.57 Å². The molecule has 1 atom stereocenters. The van der Waals surface area contributed by atoms with E-state index in [1.807, 2.05) is 0 Å².